The van der Waals surface area contributed by atoms with Crippen LogP contribution >= 0.6 is 11.6 Å². The number of amides is 1. The summed E-state index contributed by atoms with van der Waals surface area (Å²) in [5, 5.41) is 3.43. The van der Waals surface area contributed by atoms with Gasteiger partial charge in [0.2, 0.25) is 0 Å². The van der Waals surface area contributed by atoms with E-state index in [0.717, 1.165) is 18.8 Å². The lowest BCUT2D eigenvalue weighted by Crippen LogP contribution is -2.26. The predicted octanol–water partition coefficient (Wildman–Crippen LogP) is 3.96. The van der Waals surface area contributed by atoms with E-state index in [4.69, 9.17) is 17.4 Å². The molecule has 0 spiro atoms. The number of benzene rings is 1. The average Bonchev–Trinajstić information content (AvgIpc) is 2.45. The Kier molecular flexibility index (Phi) is 8.16. The summed E-state index contributed by atoms with van der Waals surface area (Å²) in [6.07, 6.45) is 5.91. The smallest absolute Gasteiger partial charge is 0.253 e. The van der Waals surface area contributed by atoms with Crippen LogP contribution < -0.4 is 16.6 Å². The van der Waals surface area contributed by atoms with Gasteiger partial charge in [-0.2, -0.15) is 0 Å². The van der Waals surface area contributed by atoms with E-state index in [1.807, 2.05) is 0 Å². The molecule has 4 N–H and O–H groups in total. The van der Waals surface area contributed by atoms with Crippen molar-refractivity contribution in [1.29, 1.82) is 0 Å². The average molecular weight is 312 g/mol. The van der Waals surface area contributed by atoms with Gasteiger partial charge < -0.3 is 10.7 Å². The van der Waals surface area contributed by atoms with Crippen LogP contribution in [0.4, 0.5) is 5.69 Å². The maximum absolute atomic E-state index is 12.1. The van der Waals surface area contributed by atoms with Crippen molar-refractivity contribution in [2.45, 2.75) is 46.0 Å². The number of nitrogens with one attached hydrogen (secondary N) is 2. The Morgan fingerprint density at radius 2 is 1.95 bits per heavy atom. The third-order valence-corrected chi connectivity index (χ3v) is 3.61. The summed E-state index contributed by atoms with van der Waals surface area (Å²) in [6.45, 7) is 5.17. The molecule has 21 heavy (non-hydrogen) atoms. The number of halogens is 1. The highest BCUT2D eigenvalue weighted by Crippen LogP contribution is 2.19. The zero-order valence-corrected chi connectivity index (χ0v) is 13.7. The summed E-state index contributed by atoms with van der Waals surface area (Å²) < 4.78 is 0. The van der Waals surface area contributed by atoms with Crippen LogP contribution in [0.1, 0.15) is 56.3 Å². The van der Waals surface area contributed by atoms with Gasteiger partial charge in [-0.05, 0) is 30.5 Å². The van der Waals surface area contributed by atoms with Crippen LogP contribution in [0, 0.1) is 5.92 Å². The third-order valence-electron chi connectivity index (χ3n) is 3.38. The number of hydrazine groups is 1. The van der Waals surface area contributed by atoms with E-state index in [0.29, 0.717) is 22.8 Å². The summed E-state index contributed by atoms with van der Waals surface area (Å²) in [5.74, 6) is 6.03. The Hall–Kier alpha value is -1.26. The van der Waals surface area contributed by atoms with Crippen molar-refractivity contribution >= 4 is 23.2 Å². The topological polar surface area (TPSA) is 67.2 Å². The van der Waals surface area contributed by atoms with Crippen LogP contribution in [0.3, 0.4) is 0 Å². The first-order valence-corrected chi connectivity index (χ1v) is 7.96. The van der Waals surface area contributed by atoms with Crippen LogP contribution in [0.2, 0.25) is 5.02 Å². The molecule has 0 unspecified atom stereocenters. The van der Waals surface area contributed by atoms with Gasteiger partial charge in [0.05, 0.1) is 11.3 Å². The molecule has 0 heterocycles. The zero-order chi connectivity index (χ0) is 15.7. The Morgan fingerprint density at radius 3 is 2.62 bits per heavy atom. The Morgan fingerprint density at radius 1 is 1.24 bits per heavy atom. The van der Waals surface area contributed by atoms with Gasteiger partial charge >= 0.3 is 0 Å². The van der Waals surface area contributed by atoms with Gasteiger partial charge in [0.25, 0.3) is 5.91 Å². The minimum atomic E-state index is -0.146. The lowest BCUT2D eigenvalue weighted by molar-refractivity contribution is 0.0953. The lowest BCUT2D eigenvalue weighted by atomic mass is 10.0. The van der Waals surface area contributed by atoms with Crippen LogP contribution in [0.5, 0.6) is 0 Å². The van der Waals surface area contributed by atoms with Crippen molar-refractivity contribution in [1.82, 2.24) is 5.32 Å². The molecule has 1 amide bonds. The van der Waals surface area contributed by atoms with Gasteiger partial charge in [0.15, 0.2) is 0 Å². The summed E-state index contributed by atoms with van der Waals surface area (Å²) in [7, 11) is 0. The van der Waals surface area contributed by atoms with Gasteiger partial charge in [-0.25, -0.2) is 0 Å². The molecule has 4 nitrogen and oxygen atoms in total. The van der Waals surface area contributed by atoms with Crippen LogP contribution in [-0.4, -0.2) is 12.5 Å². The molecular formula is C16H26ClN3O. The SMILES string of the molecule is CC(C)CCCCCCNC(=O)c1cc(Cl)ccc1NN. The molecule has 0 bridgehead atoms. The minimum Gasteiger partial charge on any atom is -0.352 e. The molecule has 118 valence electrons. The Labute approximate surface area is 132 Å². The maximum atomic E-state index is 12.1. The van der Waals surface area contributed by atoms with Gasteiger partial charge in [-0.15, -0.1) is 0 Å². The molecule has 0 aromatic heterocycles. The van der Waals surface area contributed by atoms with Crippen molar-refractivity contribution < 1.29 is 4.79 Å². The number of carbonyl (C=O) groups is 1. The van der Waals surface area contributed by atoms with Gasteiger partial charge in [-0.1, -0.05) is 51.1 Å². The molecule has 1 aromatic rings. The predicted molar refractivity (Wildman–Crippen MR) is 89.5 cm³/mol. The molecule has 0 aliphatic heterocycles. The van der Waals surface area contributed by atoms with E-state index in [1.54, 1.807) is 18.2 Å². The monoisotopic (exact) mass is 311 g/mol. The Bertz CT molecular complexity index is 449. The van der Waals surface area contributed by atoms with Gasteiger partial charge in [0.1, 0.15) is 0 Å². The first-order chi connectivity index (χ1) is 10.0. The number of nitrogens with two attached hydrogens (primary N) is 1. The van der Waals surface area contributed by atoms with Crippen molar-refractivity contribution in [3.8, 4) is 0 Å². The van der Waals surface area contributed by atoms with Crippen LogP contribution in [0.15, 0.2) is 18.2 Å². The molecule has 0 saturated heterocycles. The number of anilines is 1. The van der Waals surface area contributed by atoms with Crippen molar-refractivity contribution in [2.24, 2.45) is 11.8 Å². The summed E-state index contributed by atoms with van der Waals surface area (Å²) in [4.78, 5) is 12.1. The number of nitrogen functional groups attached to an aromatic ring is 1. The van der Waals surface area contributed by atoms with E-state index in [-0.39, 0.29) is 5.91 Å². The third kappa shape index (κ3) is 6.82. The van der Waals surface area contributed by atoms with E-state index in [1.165, 1.54) is 19.3 Å². The second-order valence-corrected chi connectivity index (χ2v) is 6.12. The highest BCUT2D eigenvalue weighted by Gasteiger charge is 2.10. The largest absolute Gasteiger partial charge is 0.352 e. The van der Waals surface area contributed by atoms with Crippen molar-refractivity contribution in [2.75, 3.05) is 12.0 Å². The molecule has 0 radical (unpaired) electrons. The number of hydrogen-bond donors (Lipinski definition) is 3. The minimum absolute atomic E-state index is 0.146. The molecule has 0 atom stereocenters. The molecule has 1 rings (SSSR count). The fourth-order valence-corrected chi connectivity index (χ4v) is 2.33. The zero-order valence-electron chi connectivity index (χ0n) is 12.9. The first kappa shape index (κ1) is 17.8. The highest BCUT2D eigenvalue weighted by molar-refractivity contribution is 6.31. The Balaban J connectivity index is 2.29. The molecular weight excluding hydrogens is 286 g/mol. The van der Waals surface area contributed by atoms with E-state index in [9.17, 15) is 4.79 Å². The first-order valence-electron chi connectivity index (χ1n) is 7.59. The van der Waals surface area contributed by atoms with E-state index >= 15 is 0 Å². The fourth-order valence-electron chi connectivity index (χ4n) is 2.16. The number of unbranched alkanes of at least 4 members (excludes halogenated alkanes) is 3. The standard InChI is InChI=1S/C16H26ClN3O/c1-12(2)7-5-3-4-6-10-19-16(21)14-11-13(17)8-9-15(14)20-18/h8-9,11-12,20H,3-7,10,18H2,1-2H3,(H,19,21). The van der Waals surface area contributed by atoms with Crippen LogP contribution in [0.25, 0.3) is 0 Å². The van der Waals surface area contributed by atoms with Gasteiger partial charge in [-0.3, -0.25) is 10.6 Å². The highest BCUT2D eigenvalue weighted by atomic mass is 35.5. The quantitative estimate of drug-likeness (QED) is 0.367. The van der Waals surface area contributed by atoms with Gasteiger partial charge in [0, 0.05) is 11.6 Å². The van der Waals surface area contributed by atoms with Crippen LogP contribution in [-0.2, 0) is 0 Å². The van der Waals surface area contributed by atoms with E-state index in [2.05, 4.69) is 24.6 Å². The number of rotatable bonds is 9. The molecule has 0 saturated carbocycles. The maximum Gasteiger partial charge on any atom is 0.253 e. The number of hydrogen-bond acceptors (Lipinski definition) is 3. The molecule has 1 aromatic carbocycles. The molecule has 0 aliphatic rings. The van der Waals surface area contributed by atoms with E-state index < -0.39 is 0 Å². The fraction of sp³-hybridized carbons (Fsp3) is 0.562. The summed E-state index contributed by atoms with van der Waals surface area (Å²) >= 11 is 5.91. The normalized spacial score (nSPS) is 10.7. The summed E-state index contributed by atoms with van der Waals surface area (Å²) in [6, 6.07) is 5.01. The molecule has 5 heteroatoms. The molecule has 0 fully saturated rings. The summed E-state index contributed by atoms with van der Waals surface area (Å²) in [5.41, 5.74) is 3.57. The number of carbonyl (C=O) groups excluding carboxylic acids is 1. The van der Waals surface area contributed by atoms with Crippen molar-refractivity contribution in [3.05, 3.63) is 28.8 Å². The molecule has 0 aliphatic carbocycles. The second-order valence-electron chi connectivity index (χ2n) is 5.69. The van der Waals surface area contributed by atoms with Crippen molar-refractivity contribution in [3.63, 3.8) is 0 Å². The second kappa shape index (κ2) is 9.64. The lowest BCUT2D eigenvalue weighted by Gasteiger charge is -2.10.